The first-order valence-corrected chi connectivity index (χ1v) is 19.0. The minimum Gasteiger partial charge on any atom is -0.462 e. The van der Waals surface area contributed by atoms with Crippen molar-refractivity contribution in [3.63, 3.8) is 0 Å². The molecule has 4 heterocycles. The van der Waals surface area contributed by atoms with E-state index in [1.807, 2.05) is 27.7 Å². The van der Waals surface area contributed by atoms with Gasteiger partial charge in [0.15, 0.2) is 4.80 Å². The molecule has 14 nitrogen and oxygen atoms in total. The summed E-state index contributed by atoms with van der Waals surface area (Å²) >= 11 is 4.33. The normalized spacial score (nSPS) is 11.8. The number of thiazole rings is 4. The molecule has 0 unspecified atom stereocenters. The van der Waals surface area contributed by atoms with E-state index in [1.54, 1.807) is 49.1 Å². The summed E-state index contributed by atoms with van der Waals surface area (Å²) in [5.41, 5.74) is 1.54. The first-order valence-electron chi connectivity index (χ1n) is 15.8. The predicted molar refractivity (Wildman–Crippen MR) is 190 cm³/mol. The summed E-state index contributed by atoms with van der Waals surface area (Å²) < 4.78 is 12.4. The Labute approximate surface area is 316 Å². The molecule has 4 rings (SSSR count). The van der Waals surface area contributed by atoms with Gasteiger partial charge in [0.1, 0.15) is 25.5 Å². The van der Waals surface area contributed by atoms with Crippen molar-refractivity contribution >= 4 is 79.4 Å². The van der Waals surface area contributed by atoms with Crippen LogP contribution in [0.2, 0.25) is 0 Å². The van der Waals surface area contributed by atoms with Crippen molar-refractivity contribution in [2.24, 2.45) is 17.0 Å². The molecule has 274 valence electrons. The van der Waals surface area contributed by atoms with Crippen LogP contribution in [-0.4, -0.2) is 87.5 Å². The zero-order valence-corrected chi connectivity index (χ0v) is 33.4. The van der Waals surface area contributed by atoms with Gasteiger partial charge in [-0.3, -0.25) is 9.59 Å². The van der Waals surface area contributed by atoms with Gasteiger partial charge in [-0.05, 0) is 61.1 Å². The van der Waals surface area contributed by atoms with Gasteiger partial charge in [0, 0.05) is 38.0 Å². The molecule has 0 aromatic carbocycles. The third-order valence-electron chi connectivity index (χ3n) is 7.24. The first-order chi connectivity index (χ1) is 23.4. The Morgan fingerprint density at radius 3 is 1.80 bits per heavy atom. The summed E-state index contributed by atoms with van der Waals surface area (Å²) in [6.07, 6.45) is 0. The van der Waals surface area contributed by atoms with Gasteiger partial charge in [-0.25, -0.2) is 19.6 Å². The molecule has 0 radical (unpaired) electrons. The second-order valence-electron chi connectivity index (χ2n) is 10.2. The van der Waals surface area contributed by atoms with E-state index in [-0.39, 0.29) is 68.4 Å². The van der Waals surface area contributed by atoms with Gasteiger partial charge in [-0.15, -0.1) is 22.7 Å². The number of nitrogens with zero attached hydrogens (tertiary/aromatic N) is 8. The standard InChI is InChI=1S/C31H40N8O6S4.Cu/c1-10-38(11-2)24(40)20-16(7)32-28(46-20)35-30-34-18(22(48-30)26(42)44-14-5)19-23(27(43)45-15-6)49-31(37(19)9)36-29-33-17(8)21(47-29)25(41)39(12-3)13-4;/h10-15H2,1-9H3,(H,32,34,35,40,42);/q;+1/p-1/b36-31+;. The minimum atomic E-state index is -0.640. The van der Waals surface area contributed by atoms with Gasteiger partial charge >= 0.3 is 29.0 Å². The maximum Gasteiger partial charge on any atom is 1.00 e. The van der Waals surface area contributed by atoms with Gasteiger partial charge < -0.3 is 33.8 Å². The van der Waals surface area contributed by atoms with Gasteiger partial charge in [-0.1, -0.05) is 22.7 Å². The Kier molecular flexibility index (Phi) is 14.9. The number of hydrogen-bond donors (Lipinski definition) is 0. The van der Waals surface area contributed by atoms with Crippen LogP contribution in [0.15, 0.2) is 9.98 Å². The fourth-order valence-electron chi connectivity index (χ4n) is 4.74. The molecule has 4 aromatic rings. The van der Waals surface area contributed by atoms with Crippen molar-refractivity contribution in [2.75, 3.05) is 39.4 Å². The Morgan fingerprint density at radius 1 is 0.720 bits per heavy atom. The van der Waals surface area contributed by atoms with Crippen molar-refractivity contribution in [2.45, 2.75) is 55.4 Å². The largest absolute Gasteiger partial charge is 1.00 e. The number of aryl methyl sites for hydroxylation is 2. The zero-order valence-electron chi connectivity index (χ0n) is 29.2. The Bertz CT molecular complexity index is 1990. The number of carbonyl (C=O) groups excluding carboxylic acids is 4. The molecule has 0 atom stereocenters. The van der Waals surface area contributed by atoms with Crippen molar-refractivity contribution < 1.29 is 45.7 Å². The van der Waals surface area contributed by atoms with E-state index in [9.17, 15) is 19.2 Å². The van der Waals surface area contributed by atoms with Crippen LogP contribution in [0.3, 0.4) is 0 Å². The van der Waals surface area contributed by atoms with Crippen LogP contribution in [0.25, 0.3) is 11.4 Å². The Morgan fingerprint density at radius 2 is 1.24 bits per heavy atom. The fourth-order valence-corrected chi connectivity index (χ4v) is 8.51. The average molecular weight is 812 g/mol. The number of aromatic nitrogens is 4. The molecule has 0 bridgehead atoms. The molecular formula is C31H39CuN8O6S4. The van der Waals surface area contributed by atoms with Crippen molar-refractivity contribution in [1.29, 1.82) is 0 Å². The smallest absolute Gasteiger partial charge is 0.462 e. The summed E-state index contributed by atoms with van der Waals surface area (Å²) in [6.45, 7) is 17.0. The molecule has 0 N–H and O–H groups in total. The van der Waals surface area contributed by atoms with Crippen LogP contribution in [0.1, 0.15) is 91.6 Å². The molecule has 0 saturated carbocycles. The number of esters is 2. The number of hydrogen-bond acceptors (Lipinski definition) is 14. The van der Waals surface area contributed by atoms with Gasteiger partial charge in [0.25, 0.3) is 11.8 Å². The predicted octanol–water partition coefficient (Wildman–Crippen LogP) is 5.08. The third kappa shape index (κ3) is 8.69. The summed E-state index contributed by atoms with van der Waals surface area (Å²) in [5, 5.41) is 0.517. The van der Waals surface area contributed by atoms with E-state index in [1.165, 1.54) is 0 Å². The summed E-state index contributed by atoms with van der Waals surface area (Å²) in [5.74, 6) is -1.51. The number of ether oxygens (including phenoxy) is 2. The number of amides is 2. The Balaban J connectivity index is 0.00000676. The van der Waals surface area contributed by atoms with Gasteiger partial charge in [0.05, 0.1) is 29.5 Å². The molecular weight excluding hydrogens is 772 g/mol. The summed E-state index contributed by atoms with van der Waals surface area (Å²) in [7, 11) is 1.69. The van der Waals surface area contributed by atoms with Crippen LogP contribution in [0.4, 0.5) is 10.3 Å². The molecule has 0 aliphatic carbocycles. The molecule has 0 saturated heterocycles. The topological polar surface area (TPSA) is 163 Å². The first kappa shape index (κ1) is 40.9. The maximum atomic E-state index is 13.3. The number of carbonyl (C=O) groups is 4. The molecule has 0 fully saturated rings. The van der Waals surface area contributed by atoms with E-state index < -0.39 is 11.9 Å². The second kappa shape index (κ2) is 18.1. The minimum absolute atomic E-state index is 0. The zero-order chi connectivity index (χ0) is 36.0. The molecule has 0 aliphatic heterocycles. The molecule has 0 aliphatic rings. The van der Waals surface area contributed by atoms with Gasteiger partial charge in [-0.2, -0.15) is 4.99 Å². The van der Waals surface area contributed by atoms with E-state index in [4.69, 9.17) is 14.5 Å². The fraction of sp³-hybridized carbons (Fsp3) is 0.484. The average Bonchev–Trinajstić information content (AvgIpc) is 3.83. The third-order valence-corrected chi connectivity index (χ3v) is 11.4. The van der Waals surface area contributed by atoms with Crippen LogP contribution in [-0.2, 0) is 33.6 Å². The van der Waals surface area contributed by atoms with Crippen LogP contribution >= 0.6 is 45.3 Å². The maximum absolute atomic E-state index is 13.3. The van der Waals surface area contributed by atoms with Crippen molar-refractivity contribution in [3.05, 3.63) is 40.5 Å². The van der Waals surface area contributed by atoms with Crippen molar-refractivity contribution in [3.8, 4) is 11.4 Å². The monoisotopic (exact) mass is 810 g/mol. The number of rotatable bonds is 13. The van der Waals surface area contributed by atoms with E-state index >= 15 is 0 Å². The molecule has 4 aromatic heterocycles. The molecule has 2 amide bonds. The molecule has 0 spiro atoms. The van der Waals surface area contributed by atoms with Crippen LogP contribution < -0.4 is 14.6 Å². The summed E-state index contributed by atoms with van der Waals surface area (Å²) in [4.78, 5) is 81.0. The van der Waals surface area contributed by atoms with Crippen LogP contribution in [0, 0.1) is 13.8 Å². The second-order valence-corrected chi connectivity index (χ2v) is 14.1. The van der Waals surface area contributed by atoms with Crippen LogP contribution in [0.5, 0.6) is 0 Å². The van der Waals surface area contributed by atoms with Gasteiger partial charge in [0.2, 0.25) is 5.13 Å². The van der Waals surface area contributed by atoms with Crippen molar-refractivity contribution in [1.82, 2.24) is 29.3 Å². The van der Waals surface area contributed by atoms with E-state index in [0.29, 0.717) is 62.1 Å². The van der Waals surface area contributed by atoms with E-state index in [2.05, 4.69) is 19.9 Å². The Hall–Kier alpha value is -3.48. The quantitative estimate of drug-likeness (QED) is 0.132. The SMILES string of the molecule is CCOC(=O)c1sc(/N=c2\[n-]c(C)c(C(=O)N(CC)CC)s2)nc1-c1c(C(=O)OCC)s/c(=N/c2nc(C)c(C(=O)N(CC)CC)s2)n1C.[Cu+]. The summed E-state index contributed by atoms with van der Waals surface area (Å²) in [6, 6.07) is 0. The molecule has 50 heavy (non-hydrogen) atoms. The van der Waals surface area contributed by atoms with E-state index in [0.717, 1.165) is 45.3 Å². The molecule has 19 heteroatoms.